The van der Waals surface area contributed by atoms with E-state index in [0.717, 1.165) is 19.3 Å². The van der Waals surface area contributed by atoms with Crippen molar-refractivity contribution in [3.63, 3.8) is 0 Å². The molecule has 1 unspecified atom stereocenters. The first-order valence-electron chi connectivity index (χ1n) is 9.82. The summed E-state index contributed by atoms with van der Waals surface area (Å²) < 4.78 is 6.10. The second-order valence-corrected chi connectivity index (χ2v) is 6.97. The van der Waals surface area contributed by atoms with Gasteiger partial charge in [-0.15, -0.1) is 0 Å². The molecule has 0 aliphatic rings. The predicted octanol–water partition coefficient (Wildman–Crippen LogP) is 4.41. The molecule has 2 rings (SSSR count). The van der Waals surface area contributed by atoms with Crippen molar-refractivity contribution in [2.75, 3.05) is 5.32 Å². The van der Waals surface area contributed by atoms with E-state index in [9.17, 15) is 14.7 Å². The maximum atomic E-state index is 11.8. The number of carbonyl (C=O) groups excluding carboxylic acids is 2. The van der Waals surface area contributed by atoms with E-state index in [1.165, 1.54) is 25.8 Å². The molecule has 1 amide bonds. The summed E-state index contributed by atoms with van der Waals surface area (Å²) in [5.41, 5.74) is 1.44. The molecular weight excluding hydrogens is 354 g/mol. The first-order chi connectivity index (χ1) is 13.4. The van der Waals surface area contributed by atoms with E-state index in [2.05, 4.69) is 12.2 Å². The van der Waals surface area contributed by atoms with Gasteiger partial charge in [0.05, 0.1) is 17.8 Å². The summed E-state index contributed by atoms with van der Waals surface area (Å²) in [7, 11) is 0. The molecule has 0 spiro atoms. The number of rotatable bonds is 10. The third-order valence-corrected chi connectivity index (χ3v) is 4.54. The predicted molar refractivity (Wildman–Crippen MR) is 109 cm³/mol. The van der Waals surface area contributed by atoms with Crippen LogP contribution in [0.25, 0.3) is 11.1 Å². The lowest BCUT2D eigenvalue weighted by Gasteiger charge is -2.22. The molecular formula is C23H28NO4-. The van der Waals surface area contributed by atoms with Crippen molar-refractivity contribution in [1.82, 2.24) is 0 Å². The number of benzene rings is 2. The number of aromatic carboxylic acids is 1. The zero-order valence-electron chi connectivity index (χ0n) is 16.8. The van der Waals surface area contributed by atoms with Gasteiger partial charge in [0.2, 0.25) is 5.91 Å². The largest absolute Gasteiger partial charge is 0.545 e. The molecule has 0 saturated heterocycles. The van der Waals surface area contributed by atoms with E-state index in [1.54, 1.807) is 18.2 Å². The third-order valence-electron chi connectivity index (χ3n) is 4.54. The van der Waals surface area contributed by atoms with Crippen LogP contribution in [0.3, 0.4) is 0 Å². The lowest BCUT2D eigenvalue weighted by molar-refractivity contribution is -0.254. The van der Waals surface area contributed by atoms with Crippen LogP contribution in [0.15, 0.2) is 42.5 Å². The highest BCUT2D eigenvalue weighted by Crippen LogP contribution is 2.39. The fraction of sp³-hybridized carbons (Fsp3) is 0.391. The fourth-order valence-electron chi connectivity index (χ4n) is 3.19. The van der Waals surface area contributed by atoms with Crippen LogP contribution in [0.5, 0.6) is 5.75 Å². The molecule has 5 heteroatoms. The van der Waals surface area contributed by atoms with Crippen molar-refractivity contribution in [2.45, 2.75) is 59.0 Å². The number of carboxylic acids is 1. The summed E-state index contributed by atoms with van der Waals surface area (Å²) >= 11 is 0. The molecule has 0 saturated carbocycles. The van der Waals surface area contributed by atoms with Crippen molar-refractivity contribution in [2.24, 2.45) is 0 Å². The number of unbranched alkanes of at least 4 members (excludes halogenated alkanes) is 3. The Morgan fingerprint density at radius 1 is 1.07 bits per heavy atom. The molecule has 0 aliphatic heterocycles. The maximum Gasteiger partial charge on any atom is 0.221 e. The van der Waals surface area contributed by atoms with Crippen molar-refractivity contribution >= 4 is 17.6 Å². The summed E-state index contributed by atoms with van der Waals surface area (Å²) in [6.07, 6.45) is 5.42. The Bertz CT molecular complexity index is 802. The second kappa shape index (κ2) is 10.5. The molecule has 150 valence electrons. The van der Waals surface area contributed by atoms with Crippen molar-refractivity contribution in [1.29, 1.82) is 0 Å². The average molecular weight is 382 g/mol. The number of ether oxygens (including phenoxy) is 1. The molecule has 1 atom stereocenters. The lowest BCUT2D eigenvalue weighted by Crippen LogP contribution is -2.24. The smallest absolute Gasteiger partial charge is 0.221 e. The Hall–Kier alpha value is -2.82. The number of anilines is 1. The number of nitrogens with one attached hydrogen (secondary N) is 1. The summed E-state index contributed by atoms with van der Waals surface area (Å²) in [4.78, 5) is 23.5. The Kier molecular flexibility index (Phi) is 8.05. The minimum absolute atomic E-state index is 0.0119. The summed E-state index contributed by atoms with van der Waals surface area (Å²) in [6.45, 7) is 5.54. The maximum absolute atomic E-state index is 11.8. The molecule has 5 nitrogen and oxygen atoms in total. The standard InChI is InChI=1S/C23H29NO4/c1-4-5-6-8-11-16(2)28-20-15-14-19(23(26)27)21(22(20)24-17(3)25)18-12-9-7-10-13-18/h7,9-10,12-16H,4-6,8,11H2,1-3H3,(H,24,25)(H,26,27)/p-1. The average Bonchev–Trinajstić information content (AvgIpc) is 2.66. The highest BCUT2D eigenvalue weighted by Gasteiger charge is 2.19. The van der Waals surface area contributed by atoms with E-state index >= 15 is 0 Å². The van der Waals surface area contributed by atoms with Gasteiger partial charge in [0, 0.05) is 18.1 Å². The van der Waals surface area contributed by atoms with Crippen molar-refractivity contribution in [3.05, 3.63) is 48.0 Å². The molecule has 1 N–H and O–H groups in total. The van der Waals surface area contributed by atoms with E-state index in [1.807, 2.05) is 25.1 Å². The number of amides is 1. The van der Waals surface area contributed by atoms with E-state index in [0.29, 0.717) is 22.6 Å². The van der Waals surface area contributed by atoms with Gasteiger partial charge in [-0.05, 0) is 37.5 Å². The highest BCUT2D eigenvalue weighted by atomic mass is 16.5. The van der Waals surface area contributed by atoms with Crippen LogP contribution >= 0.6 is 0 Å². The molecule has 28 heavy (non-hydrogen) atoms. The Balaban J connectivity index is 2.42. The van der Waals surface area contributed by atoms with Crippen LogP contribution in [0.2, 0.25) is 0 Å². The number of carbonyl (C=O) groups is 2. The Morgan fingerprint density at radius 3 is 2.39 bits per heavy atom. The molecule has 0 bridgehead atoms. The molecule has 2 aromatic carbocycles. The van der Waals surface area contributed by atoms with Crippen LogP contribution < -0.4 is 15.2 Å². The summed E-state index contributed by atoms with van der Waals surface area (Å²) in [5, 5.41) is 14.5. The molecule has 2 aromatic rings. The van der Waals surface area contributed by atoms with Crippen LogP contribution in [0.1, 0.15) is 63.2 Å². The van der Waals surface area contributed by atoms with Gasteiger partial charge in [-0.2, -0.15) is 0 Å². The Labute approximate surface area is 166 Å². The van der Waals surface area contributed by atoms with Crippen molar-refractivity contribution < 1.29 is 19.4 Å². The quantitative estimate of drug-likeness (QED) is 0.617. The van der Waals surface area contributed by atoms with Gasteiger partial charge < -0.3 is 20.0 Å². The SMILES string of the molecule is CCCCCCC(C)Oc1ccc(C(=O)[O-])c(-c2ccccc2)c1NC(C)=O. The van der Waals surface area contributed by atoms with Gasteiger partial charge in [0.25, 0.3) is 0 Å². The van der Waals surface area contributed by atoms with Gasteiger partial charge in [0.1, 0.15) is 5.75 Å². The third kappa shape index (κ3) is 5.84. The zero-order chi connectivity index (χ0) is 20.5. The first-order valence-corrected chi connectivity index (χ1v) is 9.82. The minimum Gasteiger partial charge on any atom is -0.545 e. The first kappa shape index (κ1) is 21.5. The lowest BCUT2D eigenvalue weighted by atomic mass is 9.96. The summed E-state index contributed by atoms with van der Waals surface area (Å²) in [5.74, 6) is -1.14. The molecule has 0 radical (unpaired) electrons. The minimum atomic E-state index is -1.30. The highest BCUT2D eigenvalue weighted by molar-refractivity contribution is 6.04. The van der Waals surface area contributed by atoms with Crippen molar-refractivity contribution in [3.8, 4) is 16.9 Å². The van der Waals surface area contributed by atoms with Crippen LogP contribution in [-0.2, 0) is 4.79 Å². The normalized spacial score (nSPS) is 11.7. The van der Waals surface area contributed by atoms with Gasteiger partial charge in [-0.25, -0.2) is 0 Å². The zero-order valence-corrected chi connectivity index (χ0v) is 16.8. The van der Waals surface area contributed by atoms with Gasteiger partial charge in [-0.1, -0.05) is 56.5 Å². The molecule has 0 fully saturated rings. The van der Waals surface area contributed by atoms with E-state index < -0.39 is 5.97 Å². The molecule has 0 heterocycles. The van der Waals surface area contributed by atoms with Crippen LogP contribution in [0, 0.1) is 0 Å². The molecule has 0 aliphatic carbocycles. The topological polar surface area (TPSA) is 78.5 Å². The number of carboxylic acid groups (broad SMARTS) is 1. The number of hydrogen-bond acceptors (Lipinski definition) is 4. The molecule has 0 aromatic heterocycles. The van der Waals surface area contributed by atoms with Gasteiger partial charge in [0.15, 0.2) is 0 Å². The van der Waals surface area contributed by atoms with Gasteiger partial charge in [-0.3, -0.25) is 4.79 Å². The fourth-order valence-corrected chi connectivity index (χ4v) is 3.19. The van der Waals surface area contributed by atoms with Gasteiger partial charge >= 0.3 is 0 Å². The Morgan fingerprint density at radius 2 is 1.79 bits per heavy atom. The van der Waals surface area contributed by atoms with E-state index in [4.69, 9.17) is 4.74 Å². The van der Waals surface area contributed by atoms with Crippen LogP contribution in [0.4, 0.5) is 5.69 Å². The van der Waals surface area contributed by atoms with E-state index in [-0.39, 0.29) is 17.6 Å². The summed E-state index contributed by atoms with van der Waals surface area (Å²) in [6, 6.07) is 12.1. The monoisotopic (exact) mass is 382 g/mol. The second-order valence-electron chi connectivity index (χ2n) is 6.97. The van der Waals surface area contributed by atoms with Crippen LogP contribution in [-0.4, -0.2) is 18.0 Å². The number of hydrogen-bond donors (Lipinski definition) is 1.